The predicted octanol–water partition coefficient (Wildman–Crippen LogP) is 1.52. The molecule has 1 N–H and O–H groups in total. The highest BCUT2D eigenvalue weighted by molar-refractivity contribution is 5.91. The Balaban J connectivity index is 1.53. The number of pyridine rings is 1. The highest BCUT2D eigenvalue weighted by atomic mass is 16.2. The van der Waals surface area contributed by atoms with Gasteiger partial charge < -0.3 is 10.2 Å². The molecule has 3 heterocycles. The number of carbonyl (C=O) groups excluding carboxylic acids is 2. The van der Waals surface area contributed by atoms with E-state index in [1.54, 1.807) is 35.0 Å². The standard InChI is InChI=1S/C17H21N5O2/c1-13(23)21-9-4-15(5-10-21)17(24)19-16-6-11-22(20-16)12-14-2-7-18-8-3-14/h2-3,6-8,11,15H,4-5,9-10,12H2,1H3,(H,19,20,24). The van der Waals surface area contributed by atoms with Crippen molar-refractivity contribution in [3.05, 3.63) is 42.4 Å². The van der Waals surface area contributed by atoms with Crippen molar-refractivity contribution >= 4 is 17.6 Å². The van der Waals surface area contributed by atoms with Crippen molar-refractivity contribution in [2.75, 3.05) is 18.4 Å². The first-order valence-corrected chi connectivity index (χ1v) is 8.10. The van der Waals surface area contributed by atoms with E-state index >= 15 is 0 Å². The maximum Gasteiger partial charge on any atom is 0.228 e. The smallest absolute Gasteiger partial charge is 0.228 e. The van der Waals surface area contributed by atoms with Crippen LogP contribution >= 0.6 is 0 Å². The average molecular weight is 327 g/mol. The van der Waals surface area contributed by atoms with Gasteiger partial charge in [-0.3, -0.25) is 19.3 Å². The van der Waals surface area contributed by atoms with Crippen molar-refractivity contribution in [2.24, 2.45) is 5.92 Å². The molecule has 1 saturated heterocycles. The zero-order valence-corrected chi connectivity index (χ0v) is 13.7. The number of hydrogen-bond donors (Lipinski definition) is 1. The Bertz CT molecular complexity index is 705. The van der Waals surface area contributed by atoms with Crippen LogP contribution in [-0.2, 0) is 16.1 Å². The third kappa shape index (κ3) is 3.98. The second-order valence-corrected chi connectivity index (χ2v) is 6.02. The molecule has 0 unspecified atom stereocenters. The van der Waals surface area contributed by atoms with Crippen LogP contribution in [0.5, 0.6) is 0 Å². The van der Waals surface area contributed by atoms with E-state index in [0.717, 1.165) is 5.56 Å². The summed E-state index contributed by atoms with van der Waals surface area (Å²) in [5, 5.41) is 7.26. The molecular formula is C17H21N5O2. The lowest BCUT2D eigenvalue weighted by atomic mass is 9.96. The van der Waals surface area contributed by atoms with E-state index in [1.165, 1.54) is 0 Å². The fourth-order valence-electron chi connectivity index (χ4n) is 2.88. The van der Waals surface area contributed by atoms with E-state index in [-0.39, 0.29) is 17.7 Å². The van der Waals surface area contributed by atoms with Gasteiger partial charge in [0.2, 0.25) is 11.8 Å². The largest absolute Gasteiger partial charge is 0.343 e. The lowest BCUT2D eigenvalue weighted by molar-refractivity contribution is -0.132. The van der Waals surface area contributed by atoms with Gasteiger partial charge in [0.1, 0.15) is 0 Å². The maximum atomic E-state index is 12.3. The summed E-state index contributed by atoms with van der Waals surface area (Å²) in [5.74, 6) is 0.546. The monoisotopic (exact) mass is 327 g/mol. The van der Waals surface area contributed by atoms with Gasteiger partial charge in [-0.15, -0.1) is 0 Å². The van der Waals surface area contributed by atoms with Crippen LogP contribution in [0.2, 0.25) is 0 Å². The SMILES string of the molecule is CC(=O)N1CCC(C(=O)Nc2ccn(Cc3ccncc3)n2)CC1. The number of nitrogens with one attached hydrogen (secondary N) is 1. The van der Waals surface area contributed by atoms with Gasteiger partial charge in [0.25, 0.3) is 0 Å². The highest BCUT2D eigenvalue weighted by Gasteiger charge is 2.26. The molecule has 1 fully saturated rings. The molecule has 0 atom stereocenters. The molecule has 0 aromatic carbocycles. The lowest BCUT2D eigenvalue weighted by Gasteiger charge is -2.30. The topological polar surface area (TPSA) is 80.1 Å². The fourth-order valence-corrected chi connectivity index (χ4v) is 2.88. The Hall–Kier alpha value is -2.70. The third-order valence-electron chi connectivity index (χ3n) is 4.30. The van der Waals surface area contributed by atoms with Crippen LogP contribution in [0.25, 0.3) is 0 Å². The first kappa shape index (κ1) is 16.2. The van der Waals surface area contributed by atoms with E-state index in [1.807, 2.05) is 18.3 Å². The molecule has 7 nitrogen and oxygen atoms in total. The molecule has 0 radical (unpaired) electrons. The Morgan fingerprint density at radius 2 is 1.92 bits per heavy atom. The predicted molar refractivity (Wildman–Crippen MR) is 89.2 cm³/mol. The molecule has 7 heteroatoms. The third-order valence-corrected chi connectivity index (χ3v) is 4.30. The summed E-state index contributed by atoms with van der Waals surface area (Å²) in [7, 11) is 0. The highest BCUT2D eigenvalue weighted by Crippen LogP contribution is 2.19. The average Bonchev–Trinajstić information content (AvgIpc) is 3.02. The van der Waals surface area contributed by atoms with E-state index in [9.17, 15) is 9.59 Å². The second-order valence-electron chi connectivity index (χ2n) is 6.02. The molecule has 1 aliphatic rings. The maximum absolute atomic E-state index is 12.3. The van der Waals surface area contributed by atoms with Crippen LogP contribution in [0.4, 0.5) is 5.82 Å². The van der Waals surface area contributed by atoms with Gasteiger partial charge in [-0.1, -0.05) is 0 Å². The number of likely N-dealkylation sites (tertiary alicyclic amines) is 1. The van der Waals surface area contributed by atoms with E-state index in [2.05, 4.69) is 15.4 Å². The van der Waals surface area contributed by atoms with Gasteiger partial charge in [0.05, 0.1) is 6.54 Å². The molecular weight excluding hydrogens is 306 g/mol. The molecule has 2 aromatic heterocycles. The minimum atomic E-state index is -0.0639. The summed E-state index contributed by atoms with van der Waals surface area (Å²) in [4.78, 5) is 29.4. The molecule has 24 heavy (non-hydrogen) atoms. The molecule has 3 rings (SSSR count). The van der Waals surface area contributed by atoms with Crippen LogP contribution in [0.15, 0.2) is 36.8 Å². The number of hydrogen-bond acceptors (Lipinski definition) is 4. The summed E-state index contributed by atoms with van der Waals surface area (Å²) < 4.78 is 1.78. The molecule has 0 aliphatic carbocycles. The molecule has 2 aromatic rings. The second kappa shape index (κ2) is 7.25. The number of amides is 2. The van der Waals surface area contributed by atoms with E-state index in [0.29, 0.717) is 38.3 Å². The van der Waals surface area contributed by atoms with Gasteiger partial charge in [-0.05, 0) is 30.5 Å². The number of anilines is 1. The van der Waals surface area contributed by atoms with Crippen molar-refractivity contribution in [1.82, 2.24) is 19.7 Å². The number of rotatable bonds is 4. The Kier molecular flexibility index (Phi) is 4.88. The van der Waals surface area contributed by atoms with Crippen LogP contribution < -0.4 is 5.32 Å². The van der Waals surface area contributed by atoms with E-state index in [4.69, 9.17) is 0 Å². The summed E-state index contributed by atoms with van der Waals surface area (Å²) >= 11 is 0. The Morgan fingerprint density at radius 1 is 1.21 bits per heavy atom. The first-order valence-electron chi connectivity index (χ1n) is 8.10. The van der Waals surface area contributed by atoms with Crippen molar-refractivity contribution in [3.8, 4) is 0 Å². The van der Waals surface area contributed by atoms with Crippen LogP contribution in [0, 0.1) is 5.92 Å². The molecule has 0 bridgehead atoms. The van der Waals surface area contributed by atoms with Crippen molar-refractivity contribution < 1.29 is 9.59 Å². The summed E-state index contributed by atoms with van der Waals surface area (Å²) in [5.41, 5.74) is 1.10. The van der Waals surface area contributed by atoms with Gasteiger partial charge in [0.15, 0.2) is 5.82 Å². The first-order chi connectivity index (χ1) is 11.6. The molecule has 0 spiro atoms. The van der Waals surface area contributed by atoms with E-state index < -0.39 is 0 Å². The quantitative estimate of drug-likeness (QED) is 0.923. The van der Waals surface area contributed by atoms with Gasteiger partial charge >= 0.3 is 0 Å². The summed E-state index contributed by atoms with van der Waals surface area (Å²) in [6.07, 6.45) is 6.73. The summed E-state index contributed by atoms with van der Waals surface area (Å²) in [6.45, 7) is 3.49. The Labute approximate surface area is 140 Å². The van der Waals surface area contributed by atoms with Crippen molar-refractivity contribution in [1.29, 1.82) is 0 Å². The minimum Gasteiger partial charge on any atom is -0.343 e. The minimum absolute atomic E-state index is 0.0210. The molecule has 0 saturated carbocycles. The van der Waals surface area contributed by atoms with Gasteiger partial charge in [-0.25, -0.2) is 0 Å². The van der Waals surface area contributed by atoms with Gasteiger partial charge in [-0.2, -0.15) is 5.10 Å². The number of aromatic nitrogens is 3. The van der Waals surface area contributed by atoms with Crippen LogP contribution in [-0.4, -0.2) is 44.6 Å². The normalized spacial score (nSPS) is 15.3. The fraction of sp³-hybridized carbons (Fsp3) is 0.412. The van der Waals surface area contributed by atoms with Crippen molar-refractivity contribution in [2.45, 2.75) is 26.3 Å². The number of piperidine rings is 1. The van der Waals surface area contributed by atoms with Crippen LogP contribution in [0.1, 0.15) is 25.3 Å². The zero-order valence-electron chi connectivity index (χ0n) is 13.7. The number of nitrogens with zero attached hydrogens (tertiary/aromatic N) is 4. The van der Waals surface area contributed by atoms with Crippen molar-refractivity contribution in [3.63, 3.8) is 0 Å². The van der Waals surface area contributed by atoms with Gasteiger partial charge in [0, 0.05) is 50.6 Å². The van der Waals surface area contributed by atoms with Crippen LogP contribution in [0.3, 0.4) is 0 Å². The zero-order chi connectivity index (χ0) is 16.9. The molecule has 2 amide bonds. The Morgan fingerprint density at radius 3 is 2.58 bits per heavy atom. The molecule has 126 valence electrons. The number of carbonyl (C=O) groups is 2. The lowest BCUT2D eigenvalue weighted by Crippen LogP contribution is -2.40. The summed E-state index contributed by atoms with van der Waals surface area (Å²) in [6, 6.07) is 5.66. The molecule has 1 aliphatic heterocycles.